The smallest absolute Gasteiger partial charge is 0.0681 e. The molecule has 0 aliphatic rings. The lowest BCUT2D eigenvalue weighted by Gasteiger charge is -2.30. The highest BCUT2D eigenvalue weighted by Gasteiger charge is 2.28. The van der Waals surface area contributed by atoms with E-state index in [0.29, 0.717) is 4.58 Å². The summed E-state index contributed by atoms with van der Waals surface area (Å²) in [5.74, 6) is 0. The molecule has 0 N–H and O–H groups in total. The van der Waals surface area contributed by atoms with Crippen LogP contribution in [0.5, 0.6) is 0 Å². The molecule has 0 atom stereocenters. The molecule has 2 heteroatoms. The van der Waals surface area contributed by atoms with Crippen molar-refractivity contribution in [3.63, 3.8) is 0 Å². The monoisotopic (exact) mass is 300 g/mol. The highest BCUT2D eigenvalue weighted by atomic mass is 32.2. The number of thioether (sulfide) groups is 2. The topological polar surface area (TPSA) is 0 Å². The van der Waals surface area contributed by atoms with Crippen LogP contribution in [0, 0.1) is 5.41 Å². The summed E-state index contributed by atoms with van der Waals surface area (Å²) >= 11 is 3.81. The van der Waals surface area contributed by atoms with Gasteiger partial charge in [-0.15, -0.1) is 30.1 Å². The van der Waals surface area contributed by atoms with E-state index in [0.717, 1.165) is 0 Å². The Morgan fingerprint density at radius 3 is 1.60 bits per heavy atom. The van der Waals surface area contributed by atoms with Gasteiger partial charge in [0.25, 0.3) is 0 Å². The van der Waals surface area contributed by atoms with Crippen molar-refractivity contribution in [2.45, 2.75) is 28.2 Å². The Balaban J connectivity index is 2.19. The van der Waals surface area contributed by atoms with E-state index < -0.39 is 0 Å². The maximum atomic E-state index is 4.01. The van der Waals surface area contributed by atoms with Crippen LogP contribution in [0.1, 0.15) is 13.8 Å². The maximum absolute atomic E-state index is 4.01. The summed E-state index contributed by atoms with van der Waals surface area (Å²) in [5, 5.41) is 0. The maximum Gasteiger partial charge on any atom is 0.0681 e. The van der Waals surface area contributed by atoms with Crippen molar-refractivity contribution < 1.29 is 0 Å². The van der Waals surface area contributed by atoms with Gasteiger partial charge in [-0.3, -0.25) is 0 Å². The van der Waals surface area contributed by atoms with Gasteiger partial charge in [-0.2, -0.15) is 0 Å². The number of rotatable bonds is 6. The third-order valence-corrected chi connectivity index (χ3v) is 6.42. The van der Waals surface area contributed by atoms with Crippen molar-refractivity contribution in [2.24, 2.45) is 5.41 Å². The number of hydrogen-bond donors (Lipinski definition) is 0. The highest BCUT2D eigenvalue weighted by molar-refractivity contribution is 8.17. The van der Waals surface area contributed by atoms with Crippen LogP contribution < -0.4 is 0 Å². The molecule has 0 heterocycles. The molecule has 2 aromatic rings. The van der Waals surface area contributed by atoms with Crippen molar-refractivity contribution in [1.82, 2.24) is 0 Å². The van der Waals surface area contributed by atoms with Gasteiger partial charge >= 0.3 is 0 Å². The second-order valence-electron chi connectivity index (χ2n) is 5.22. The summed E-state index contributed by atoms with van der Waals surface area (Å²) in [6.45, 7) is 8.50. The summed E-state index contributed by atoms with van der Waals surface area (Å²) in [4.78, 5) is 2.60. The zero-order valence-corrected chi connectivity index (χ0v) is 13.6. The first-order chi connectivity index (χ1) is 9.62. The van der Waals surface area contributed by atoms with Crippen molar-refractivity contribution in [3.05, 3.63) is 73.3 Å². The average Bonchev–Trinajstić information content (AvgIpc) is 2.49. The number of benzene rings is 2. The molecule has 0 saturated heterocycles. The minimum atomic E-state index is 0.0566. The van der Waals surface area contributed by atoms with Crippen LogP contribution in [0.2, 0.25) is 0 Å². The molecule has 0 spiro atoms. The molecule has 104 valence electrons. The van der Waals surface area contributed by atoms with Crippen LogP contribution in [0.4, 0.5) is 0 Å². The van der Waals surface area contributed by atoms with E-state index in [1.807, 2.05) is 23.5 Å². The van der Waals surface area contributed by atoms with Gasteiger partial charge in [0.2, 0.25) is 0 Å². The Morgan fingerprint density at radius 2 is 1.25 bits per heavy atom. The second kappa shape index (κ2) is 7.05. The minimum absolute atomic E-state index is 0.0566. The second-order valence-corrected chi connectivity index (χ2v) is 7.87. The summed E-state index contributed by atoms with van der Waals surface area (Å²) < 4.78 is 0.393. The van der Waals surface area contributed by atoms with Crippen LogP contribution in [-0.4, -0.2) is 4.58 Å². The molecule has 20 heavy (non-hydrogen) atoms. The standard InChI is InChI=1S/C18H20S2/c1-4-18(2,3)17(19-15-11-7-5-8-12-15)20-16-13-9-6-10-14-16/h4-14,17H,1H2,2-3H3. The molecule has 0 bridgehead atoms. The fourth-order valence-corrected chi connectivity index (χ4v) is 4.45. The molecule has 0 amide bonds. The number of allylic oxidation sites excluding steroid dienone is 1. The Hall–Kier alpha value is -1.12. The van der Waals surface area contributed by atoms with Gasteiger partial charge in [-0.1, -0.05) is 56.3 Å². The van der Waals surface area contributed by atoms with Crippen LogP contribution in [0.15, 0.2) is 83.1 Å². The Morgan fingerprint density at radius 1 is 0.850 bits per heavy atom. The molecule has 0 aliphatic heterocycles. The molecular formula is C18H20S2. The Labute approximate surface area is 130 Å². The molecule has 0 saturated carbocycles. The summed E-state index contributed by atoms with van der Waals surface area (Å²) in [6.07, 6.45) is 2.06. The largest absolute Gasteiger partial charge is 0.110 e. The van der Waals surface area contributed by atoms with E-state index in [-0.39, 0.29) is 5.41 Å². The summed E-state index contributed by atoms with van der Waals surface area (Å²) in [7, 11) is 0. The van der Waals surface area contributed by atoms with E-state index in [4.69, 9.17) is 0 Å². The van der Waals surface area contributed by atoms with Gasteiger partial charge in [0.1, 0.15) is 0 Å². The summed E-state index contributed by atoms with van der Waals surface area (Å²) in [5.41, 5.74) is 0.0566. The van der Waals surface area contributed by atoms with Gasteiger partial charge in [-0.25, -0.2) is 0 Å². The van der Waals surface area contributed by atoms with Crippen LogP contribution in [0.25, 0.3) is 0 Å². The van der Waals surface area contributed by atoms with E-state index >= 15 is 0 Å². The van der Waals surface area contributed by atoms with Crippen molar-refractivity contribution in [2.75, 3.05) is 0 Å². The molecule has 0 nitrogen and oxygen atoms in total. The van der Waals surface area contributed by atoms with Gasteiger partial charge in [0.05, 0.1) is 4.58 Å². The lowest BCUT2D eigenvalue weighted by Crippen LogP contribution is -2.21. The van der Waals surface area contributed by atoms with Crippen molar-refractivity contribution in [1.29, 1.82) is 0 Å². The molecular weight excluding hydrogens is 280 g/mol. The lowest BCUT2D eigenvalue weighted by atomic mass is 9.97. The molecule has 2 rings (SSSR count). The van der Waals surface area contributed by atoms with Gasteiger partial charge in [0, 0.05) is 15.2 Å². The Kier molecular flexibility index (Phi) is 5.38. The lowest BCUT2D eigenvalue weighted by molar-refractivity contribution is 0.534. The third kappa shape index (κ3) is 4.19. The normalized spacial score (nSPS) is 11.6. The van der Waals surface area contributed by atoms with Crippen LogP contribution >= 0.6 is 23.5 Å². The fraction of sp³-hybridized carbons (Fsp3) is 0.222. The van der Waals surface area contributed by atoms with E-state index in [2.05, 4.69) is 87.2 Å². The van der Waals surface area contributed by atoms with E-state index in [9.17, 15) is 0 Å². The molecule has 0 aliphatic carbocycles. The molecule has 2 aromatic carbocycles. The third-order valence-electron chi connectivity index (χ3n) is 3.11. The fourth-order valence-electron chi connectivity index (χ4n) is 1.67. The molecule has 0 fully saturated rings. The highest BCUT2D eigenvalue weighted by Crippen LogP contribution is 2.45. The predicted molar refractivity (Wildman–Crippen MR) is 92.4 cm³/mol. The molecule has 0 radical (unpaired) electrons. The first kappa shape index (κ1) is 15.3. The van der Waals surface area contributed by atoms with Crippen molar-refractivity contribution >= 4 is 23.5 Å². The zero-order chi connectivity index (χ0) is 14.4. The van der Waals surface area contributed by atoms with Gasteiger partial charge in [-0.05, 0) is 24.3 Å². The first-order valence-electron chi connectivity index (χ1n) is 6.69. The predicted octanol–water partition coefficient (Wildman–Crippen LogP) is 6.11. The van der Waals surface area contributed by atoms with E-state index in [1.54, 1.807) is 0 Å². The number of hydrogen-bond acceptors (Lipinski definition) is 2. The SMILES string of the molecule is C=CC(C)(C)C(Sc1ccccc1)Sc1ccccc1. The first-order valence-corrected chi connectivity index (χ1v) is 8.45. The van der Waals surface area contributed by atoms with Gasteiger partial charge in [0.15, 0.2) is 0 Å². The molecule has 0 aromatic heterocycles. The van der Waals surface area contributed by atoms with E-state index in [1.165, 1.54) is 9.79 Å². The molecule has 0 unspecified atom stereocenters. The zero-order valence-electron chi connectivity index (χ0n) is 12.0. The quantitative estimate of drug-likeness (QED) is 0.358. The minimum Gasteiger partial charge on any atom is -0.110 e. The van der Waals surface area contributed by atoms with Crippen LogP contribution in [0.3, 0.4) is 0 Å². The van der Waals surface area contributed by atoms with Gasteiger partial charge < -0.3 is 0 Å². The average molecular weight is 300 g/mol. The summed E-state index contributed by atoms with van der Waals surface area (Å²) in [6, 6.07) is 21.2. The Bertz CT molecular complexity index is 490. The van der Waals surface area contributed by atoms with Crippen LogP contribution in [-0.2, 0) is 0 Å². The van der Waals surface area contributed by atoms with Crippen molar-refractivity contribution in [3.8, 4) is 0 Å².